The molecule has 1 amide bonds. The fourth-order valence-electron chi connectivity index (χ4n) is 3.34. The minimum Gasteiger partial charge on any atom is -0.375 e. The smallest absolute Gasteiger partial charge is 0.293 e. The first-order valence-corrected chi connectivity index (χ1v) is 9.11. The monoisotopic (exact) mass is 404 g/mol. The molecule has 1 atom stereocenters. The number of anilines is 1. The van der Waals surface area contributed by atoms with Crippen molar-refractivity contribution in [1.82, 2.24) is 10.2 Å². The molecule has 0 aliphatic carbocycles. The maximum absolute atomic E-state index is 12.8. The van der Waals surface area contributed by atoms with Crippen LogP contribution in [0.3, 0.4) is 0 Å². The van der Waals surface area contributed by atoms with Gasteiger partial charge in [0.1, 0.15) is 5.69 Å². The van der Waals surface area contributed by atoms with Gasteiger partial charge in [-0.3, -0.25) is 14.9 Å². The molecule has 1 aliphatic rings. The molecule has 2 aromatic carbocycles. The minimum atomic E-state index is -0.448. The van der Waals surface area contributed by atoms with E-state index in [2.05, 4.69) is 10.6 Å². The molecule has 0 saturated carbocycles. The first-order chi connectivity index (χ1) is 13.1. The summed E-state index contributed by atoms with van der Waals surface area (Å²) >= 11 is 0. The highest BCUT2D eigenvalue weighted by atomic mass is 35.5. The Morgan fingerprint density at radius 1 is 1.25 bits per heavy atom. The van der Waals surface area contributed by atoms with Crippen LogP contribution in [0.1, 0.15) is 28.8 Å². The van der Waals surface area contributed by atoms with Crippen LogP contribution in [0.15, 0.2) is 48.5 Å². The van der Waals surface area contributed by atoms with Crippen molar-refractivity contribution < 1.29 is 9.72 Å². The minimum absolute atomic E-state index is 0. The zero-order valence-electron chi connectivity index (χ0n) is 15.8. The van der Waals surface area contributed by atoms with Crippen LogP contribution in [0.2, 0.25) is 0 Å². The molecular weight excluding hydrogens is 380 g/mol. The first-order valence-electron chi connectivity index (χ1n) is 9.11. The van der Waals surface area contributed by atoms with E-state index in [9.17, 15) is 14.9 Å². The van der Waals surface area contributed by atoms with Gasteiger partial charge in [-0.25, -0.2) is 0 Å². The Bertz CT molecular complexity index is 816. The molecule has 2 N–H and O–H groups in total. The lowest BCUT2D eigenvalue weighted by Crippen LogP contribution is -2.46. The van der Waals surface area contributed by atoms with E-state index in [1.807, 2.05) is 37.4 Å². The van der Waals surface area contributed by atoms with Crippen molar-refractivity contribution in [3.8, 4) is 0 Å². The number of nitrogens with zero attached hydrogens (tertiary/aromatic N) is 2. The van der Waals surface area contributed by atoms with E-state index in [1.165, 1.54) is 6.07 Å². The van der Waals surface area contributed by atoms with Gasteiger partial charge >= 0.3 is 0 Å². The normalized spacial score (nSPS) is 16.2. The summed E-state index contributed by atoms with van der Waals surface area (Å²) in [6.07, 6.45) is 1.96. The molecule has 1 aliphatic heterocycles. The third kappa shape index (κ3) is 5.21. The number of likely N-dealkylation sites (tertiary alicyclic amines) is 1. The van der Waals surface area contributed by atoms with Crippen molar-refractivity contribution in [2.45, 2.75) is 25.4 Å². The Morgan fingerprint density at radius 3 is 2.68 bits per heavy atom. The van der Waals surface area contributed by atoms with Crippen LogP contribution < -0.4 is 10.6 Å². The van der Waals surface area contributed by atoms with Crippen molar-refractivity contribution >= 4 is 29.7 Å². The Kier molecular flexibility index (Phi) is 7.78. The predicted octanol–water partition coefficient (Wildman–Crippen LogP) is 3.45. The quantitative estimate of drug-likeness (QED) is 0.568. The lowest BCUT2D eigenvalue weighted by atomic mass is 10.0. The number of benzene rings is 2. The van der Waals surface area contributed by atoms with Crippen LogP contribution in [0.25, 0.3) is 0 Å². The summed E-state index contributed by atoms with van der Waals surface area (Å²) in [6.45, 7) is 1.78. The molecule has 28 heavy (non-hydrogen) atoms. The molecule has 1 heterocycles. The highest BCUT2D eigenvalue weighted by molar-refractivity contribution is 5.95. The SMILES string of the molecule is CNC1CCCN(C(=O)c2ccc(NCc3ccccc3)c([N+](=O)[O-])c2)C1.Cl. The van der Waals surface area contributed by atoms with E-state index in [0.29, 0.717) is 30.9 Å². The summed E-state index contributed by atoms with van der Waals surface area (Å²) in [4.78, 5) is 25.6. The molecule has 8 heteroatoms. The van der Waals surface area contributed by atoms with Gasteiger partial charge in [0.25, 0.3) is 11.6 Å². The Balaban J connectivity index is 0.00000280. The van der Waals surface area contributed by atoms with Crippen molar-refractivity contribution in [2.75, 3.05) is 25.5 Å². The fourth-order valence-corrected chi connectivity index (χ4v) is 3.34. The number of likely N-dealkylation sites (N-methyl/N-ethyl adjacent to an activating group) is 1. The van der Waals surface area contributed by atoms with Crippen LogP contribution >= 0.6 is 12.4 Å². The van der Waals surface area contributed by atoms with Crippen LogP contribution in [0, 0.1) is 10.1 Å². The zero-order valence-corrected chi connectivity index (χ0v) is 16.6. The van der Waals surface area contributed by atoms with Crippen molar-refractivity contribution in [2.24, 2.45) is 0 Å². The van der Waals surface area contributed by atoms with E-state index < -0.39 is 4.92 Å². The second-order valence-corrected chi connectivity index (χ2v) is 6.71. The number of amides is 1. The summed E-state index contributed by atoms with van der Waals surface area (Å²) in [6, 6.07) is 14.6. The summed E-state index contributed by atoms with van der Waals surface area (Å²) in [5.74, 6) is -0.160. The fraction of sp³-hybridized carbons (Fsp3) is 0.350. The Labute approximate surface area is 170 Å². The van der Waals surface area contributed by atoms with Crippen LogP contribution in [-0.2, 0) is 6.54 Å². The molecule has 0 spiro atoms. The van der Waals surface area contributed by atoms with Crippen LogP contribution in [0.5, 0.6) is 0 Å². The third-order valence-electron chi connectivity index (χ3n) is 4.88. The molecule has 0 aromatic heterocycles. The third-order valence-corrected chi connectivity index (χ3v) is 4.88. The highest BCUT2D eigenvalue weighted by Crippen LogP contribution is 2.27. The van der Waals surface area contributed by atoms with Gasteiger partial charge in [0.15, 0.2) is 0 Å². The zero-order chi connectivity index (χ0) is 19.2. The number of rotatable bonds is 6. The first kappa shape index (κ1) is 21.7. The number of nitro benzene ring substituents is 1. The molecule has 150 valence electrons. The van der Waals surface area contributed by atoms with E-state index in [-0.39, 0.29) is 30.0 Å². The van der Waals surface area contributed by atoms with Gasteiger partial charge in [-0.1, -0.05) is 30.3 Å². The Hall–Kier alpha value is -2.64. The molecule has 1 unspecified atom stereocenters. The summed E-state index contributed by atoms with van der Waals surface area (Å²) < 4.78 is 0. The second kappa shape index (κ2) is 10.1. The second-order valence-electron chi connectivity index (χ2n) is 6.71. The van der Waals surface area contributed by atoms with Gasteiger partial charge in [-0.2, -0.15) is 0 Å². The predicted molar refractivity (Wildman–Crippen MR) is 112 cm³/mol. The summed E-state index contributed by atoms with van der Waals surface area (Å²) in [5.41, 5.74) is 1.70. The topological polar surface area (TPSA) is 87.5 Å². The molecule has 2 aromatic rings. The average Bonchev–Trinajstić information content (AvgIpc) is 2.72. The number of carbonyl (C=O) groups excluding carboxylic acids is 1. The van der Waals surface area contributed by atoms with Gasteiger partial charge in [-0.15, -0.1) is 12.4 Å². The number of nitro groups is 1. The molecule has 1 saturated heterocycles. The number of piperidine rings is 1. The number of hydrogen-bond donors (Lipinski definition) is 2. The van der Waals surface area contributed by atoms with E-state index in [4.69, 9.17) is 0 Å². The Morgan fingerprint density at radius 2 is 2.00 bits per heavy atom. The molecule has 7 nitrogen and oxygen atoms in total. The number of nitrogens with one attached hydrogen (secondary N) is 2. The van der Waals surface area contributed by atoms with E-state index >= 15 is 0 Å². The van der Waals surface area contributed by atoms with Gasteiger partial charge in [-0.05, 0) is 37.6 Å². The molecule has 0 bridgehead atoms. The number of carbonyl (C=O) groups is 1. The van der Waals surface area contributed by atoms with Gasteiger partial charge in [0, 0.05) is 37.3 Å². The van der Waals surface area contributed by atoms with Gasteiger partial charge in [0.2, 0.25) is 0 Å². The maximum atomic E-state index is 12.8. The molecular formula is C20H25ClN4O3. The van der Waals surface area contributed by atoms with Crippen LogP contribution in [0.4, 0.5) is 11.4 Å². The summed E-state index contributed by atoms with van der Waals surface area (Å²) in [5, 5.41) is 17.8. The van der Waals surface area contributed by atoms with Crippen molar-refractivity contribution in [3.63, 3.8) is 0 Å². The van der Waals surface area contributed by atoms with Gasteiger partial charge in [0.05, 0.1) is 4.92 Å². The number of halogens is 1. The highest BCUT2D eigenvalue weighted by Gasteiger charge is 2.25. The van der Waals surface area contributed by atoms with Crippen molar-refractivity contribution in [3.05, 3.63) is 69.8 Å². The molecule has 0 radical (unpaired) electrons. The molecule has 1 fully saturated rings. The van der Waals surface area contributed by atoms with E-state index in [0.717, 1.165) is 18.4 Å². The van der Waals surface area contributed by atoms with Crippen molar-refractivity contribution in [1.29, 1.82) is 0 Å². The lowest BCUT2D eigenvalue weighted by Gasteiger charge is -2.32. The standard InChI is InChI=1S/C20H24N4O3.ClH/c1-21-17-8-5-11-23(14-17)20(25)16-9-10-18(19(12-16)24(26)27)22-13-15-6-3-2-4-7-15;/h2-4,6-7,9-10,12,17,21-22H,5,8,11,13-14H2,1H3;1H. The maximum Gasteiger partial charge on any atom is 0.293 e. The van der Waals surface area contributed by atoms with Gasteiger partial charge < -0.3 is 15.5 Å². The summed E-state index contributed by atoms with van der Waals surface area (Å²) in [7, 11) is 1.89. The molecule has 3 rings (SSSR count). The average molecular weight is 405 g/mol. The largest absolute Gasteiger partial charge is 0.375 e. The van der Waals surface area contributed by atoms with Crippen LogP contribution in [-0.4, -0.2) is 41.9 Å². The lowest BCUT2D eigenvalue weighted by molar-refractivity contribution is -0.384. The van der Waals surface area contributed by atoms with E-state index in [1.54, 1.807) is 17.0 Å². The number of hydrogen-bond acceptors (Lipinski definition) is 5.